The molecule has 2 amide bonds. The van der Waals surface area contributed by atoms with E-state index < -0.39 is 24.0 Å². The molecule has 0 aliphatic rings. The Balaban J connectivity index is 1.75. The topological polar surface area (TPSA) is 111 Å². The van der Waals surface area contributed by atoms with Crippen molar-refractivity contribution in [1.29, 1.82) is 0 Å². The van der Waals surface area contributed by atoms with Gasteiger partial charge in [0.15, 0.2) is 0 Å². The molecule has 0 spiro atoms. The number of carbonyl (C=O) groups excluding carboxylic acids is 2. The van der Waals surface area contributed by atoms with Crippen molar-refractivity contribution in [1.82, 2.24) is 15.6 Å². The van der Waals surface area contributed by atoms with E-state index in [4.69, 9.17) is 0 Å². The number of H-pyrrole nitrogens is 1. The van der Waals surface area contributed by atoms with Gasteiger partial charge in [-0.1, -0.05) is 62.4 Å². The molecule has 0 unspecified atom stereocenters. The fourth-order valence-electron chi connectivity index (χ4n) is 3.86. The van der Waals surface area contributed by atoms with Crippen LogP contribution in [0, 0.1) is 5.92 Å². The van der Waals surface area contributed by atoms with Crippen LogP contribution in [0.15, 0.2) is 60.8 Å². The molecule has 4 N–H and O–H groups in total. The van der Waals surface area contributed by atoms with Gasteiger partial charge < -0.3 is 20.7 Å². The van der Waals surface area contributed by atoms with Gasteiger partial charge in [0.25, 0.3) is 0 Å². The Morgan fingerprint density at radius 3 is 2.33 bits per heavy atom. The quantitative estimate of drug-likeness (QED) is 0.359. The van der Waals surface area contributed by atoms with Crippen molar-refractivity contribution in [2.45, 2.75) is 51.6 Å². The molecule has 2 aromatic carbocycles. The van der Waals surface area contributed by atoms with Gasteiger partial charge in [0.1, 0.15) is 12.1 Å². The van der Waals surface area contributed by atoms with E-state index in [2.05, 4.69) is 15.6 Å². The smallest absolute Gasteiger partial charge is 0.326 e. The van der Waals surface area contributed by atoms with Crippen molar-refractivity contribution >= 4 is 28.7 Å². The van der Waals surface area contributed by atoms with E-state index in [0.29, 0.717) is 12.8 Å². The molecule has 7 nitrogen and oxygen atoms in total. The third-order valence-electron chi connectivity index (χ3n) is 5.56. The van der Waals surface area contributed by atoms with Crippen LogP contribution in [0.5, 0.6) is 0 Å². The minimum absolute atomic E-state index is 0.0962. The molecule has 3 rings (SSSR count). The van der Waals surface area contributed by atoms with E-state index in [0.717, 1.165) is 22.0 Å². The van der Waals surface area contributed by atoms with E-state index in [1.54, 1.807) is 0 Å². The molecule has 7 heteroatoms. The number of benzene rings is 2. The van der Waals surface area contributed by atoms with Gasteiger partial charge in [0.05, 0.1) is 0 Å². The van der Waals surface area contributed by atoms with Crippen molar-refractivity contribution in [2.75, 3.05) is 0 Å². The summed E-state index contributed by atoms with van der Waals surface area (Å²) in [6, 6.07) is 15.5. The van der Waals surface area contributed by atoms with Crippen LogP contribution >= 0.6 is 0 Å². The molecule has 3 aromatic rings. The Morgan fingerprint density at radius 1 is 0.939 bits per heavy atom. The molecule has 2 atom stereocenters. The zero-order chi connectivity index (χ0) is 23.8. The van der Waals surface area contributed by atoms with Crippen molar-refractivity contribution < 1.29 is 19.5 Å². The van der Waals surface area contributed by atoms with E-state index in [1.165, 1.54) is 0 Å². The maximum absolute atomic E-state index is 13.1. The number of para-hydroxylation sites is 1. The Kier molecular flexibility index (Phi) is 8.24. The molecule has 0 bridgehead atoms. The number of amides is 2. The van der Waals surface area contributed by atoms with E-state index in [9.17, 15) is 19.5 Å². The number of nitrogens with one attached hydrogen (secondary N) is 3. The first-order valence-electron chi connectivity index (χ1n) is 11.2. The van der Waals surface area contributed by atoms with Gasteiger partial charge in [-0.15, -0.1) is 0 Å². The van der Waals surface area contributed by atoms with Gasteiger partial charge >= 0.3 is 5.97 Å². The van der Waals surface area contributed by atoms with Gasteiger partial charge in [-0.2, -0.15) is 0 Å². The first-order chi connectivity index (χ1) is 15.8. The minimum Gasteiger partial charge on any atom is -0.480 e. The number of hydrogen-bond acceptors (Lipinski definition) is 3. The second-order valence-electron chi connectivity index (χ2n) is 8.70. The lowest BCUT2D eigenvalue weighted by Crippen LogP contribution is -2.52. The summed E-state index contributed by atoms with van der Waals surface area (Å²) < 4.78 is 0. The normalized spacial score (nSPS) is 12.9. The van der Waals surface area contributed by atoms with Crippen LogP contribution < -0.4 is 10.6 Å². The number of carboxylic acids is 1. The average Bonchev–Trinajstić information content (AvgIpc) is 3.20. The lowest BCUT2D eigenvalue weighted by atomic mass is 10.0. The lowest BCUT2D eigenvalue weighted by molar-refractivity contribution is -0.142. The molecule has 0 aliphatic carbocycles. The number of rotatable bonds is 11. The number of aromatic nitrogens is 1. The molecule has 0 aliphatic heterocycles. The molecule has 0 fully saturated rings. The summed E-state index contributed by atoms with van der Waals surface area (Å²) in [6.07, 6.45) is 3.17. The number of aromatic amines is 1. The Labute approximate surface area is 193 Å². The molecule has 33 heavy (non-hydrogen) atoms. The Morgan fingerprint density at radius 2 is 1.64 bits per heavy atom. The van der Waals surface area contributed by atoms with Crippen molar-refractivity contribution in [3.8, 4) is 0 Å². The monoisotopic (exact) mass is 449 g/mol. The van der Waals surface area contributed by atoms with Gasteiger partial charge in [-0.05, 0) is 36.0 Å². The first kappa shape index (κ1) is 24.0. The van der Waals surface area contributed by atoms with Crippen LogP contribution in [0.4, 0.5) is 0 Å². The van der Waals surface area contributed by atoms with Gasteiger partial charge in [0.2, 0.25) is 11.8 Å². The highest BCUT2D eigenvalue weighted by Crippen LogP contribution is 2.19. The van der Waals surface area contributed by atoms with E-state index in [1.807, 2.05) is 74.6 Å². The Hall–Kier alpha value is -3.61. The van der Waals surface area contributed by atoms with Crippen LogP contribution in [0.1, 0.15) is 37.8 Å². The second kappa shape index (κ2) is 11.3. The maximum atomic E-state index is 13.1. The summed E-state index contributed by atoms with van der Waals surface area (Å²) in [6.45, 7) is 3.80. The van der Waals surface area contributed by atoms with Crippen LogP contribution in [0.25, 0.3) is 10.9 Å². The number of fused-ring (bicyclic) bond motifs is 1. The summed E-state index contributed by atoms with van der Waals surface area (Å²) in [4.78, 5) is 40.7. The van der Waals surface area contributed by atoms with Crippen LogP contribution in [-0.2, 0) is 27.2 Å². The standard InChI is InChI=1S/C26H31N3O4/c1-17(2)14-23(26(32)33)29-25(31)22(15-19-16-27-21-11-7-6-10-20(19)21)28-24(30)13-12-18-8-4-3-5-9-18/h3-11,16-17,22-23,27H,12-15H2,1-2H3,(H,28,30)(H,29,31)(H,32,33)/t22-,23-/m0/s1. The number of aliphatic carboxylic acids is 1. The third-order valence-corrected chi connectivity index (χ3v) is 5.56. The number of aryl methyl sites for hydroxylation is 1. The van der Waals surface area contributed by atoms with Gasteiger partial charge in [-0.25, -0.2) is 4.79 Å². The molecule has 0 radical (unpaired) electrons. The van der Waals surface area contributed by atoms with Gasteiger partial charge in [0, 0.05) is 29.9 Å². The zero-order valence-electron chi connectivity index (χ0n) is 19.0. The average molecular weight is 450 g/mol. The van der Waals surface area contributed by atoms with Crippen LogP contribution in [-0.4, -0.2) is 40.0 Å². The second-order valence-corrected chi connectivity index (χ2v) is 8.70. The summed E-state index contributed by atoms with van der Waals surface area (Å²) in [5, 5.41) is 16.0. The first-order valence-corrected chi connectivity index (χ1v) is 11.2. The van der Waals surface area contributed by atoms with E-state index in [-0.39, 0.29) is 24.7 Å². The molecule has 174 valence electrons. The Bertz CT molecular complexity index is 1090. The summed E-state index contributed by atoms with van der Waals surface area (Å²) in [5.74, 6) is -1.74. The third kappa shape index (κ3) is 6.94. The van der Waals surface area contributed by atoms with Crippen molar-refractivity contribution in [3.05, 3.63) is 71.9 Å². The highest BCUT2D eigenvalue weighted by atomic mass is 16.4. The molecule has 0 saturated carbocycles. The maximum Gasteiger partial charge on any atom is 0.326 e. The molecule has 0 saturated heterocycles. The summed E-state index contributed by atoms with van der Waals surface area (Å²) in [5.41, 5.74) is 2.85. The molecular formula is C26H31N3O4. The molecule has 1 heterocycles. The lowest BCUT2D eigenvalue weighted by Gasteiger charge is -2.22. The van der Waals surface area contributed by atoms with Gasteiger partial charge in [-0.3, -0.25) is 9.59 Å². The number of carboxylic acid groups (broad SMARTS) is 1. The highest BCUT2D eigenvalue weighted by Gasteiger charge is 2.28. The molecule has 1 aromatic heterocycles. The predicted molar refractivity (Wildman–Crippen MR) is 128 cm³/mol. The summed E-state index contributed by atoms with van der Waals surface area (Å²) >= 11 is 0. The molecular weight excluding hydrogens is 418 g/mol. The number of hydrogen-bond donors (Lipinski definition) is 4. The summed E-state index contributed by atoms with van der Waals surface area (Å²) in [7, 11) is 0. The zero-order valence-corrected chi connectivity index (χ0v) is 19.0. The fourth-order valence-corrected chi connectivity index (χ4v) is 3.86. The van der Waals surface area contributed by atoms with Crippen LogP contribution in [0.3, 0.4) is 0 Å². The fraction of sp³-hybridized carbons (Fsp3) is 0.346. The number of carbonyl (C=O) groups is 3. The van der Waals surface area contributed by atoms with Crippen molar-refractivity contribution in [2.24, 2.45) is 5.92 Å². The van der Waals surface area contributed by atoms with Crippen LogP contribution in [0.2, 0.25) is 0 Å². The highest BCUT2D eigenvalue weighted by molar-refractivity contribution is 5.91. The minimum atomic E-state index is -1.08. The van der Waals surface area contributed by atoms with E-state index >= 15 is 0 Å². The SMILES string of the molecule is CC(C)C[C@H](NC(=O)[C@H](Cc1c[nH]c2ccccc12)NC(=O)CCc1ccccc1)C(=O)O. The largest absolute Gasteiger partial charge is 0.480 e. The predicted octanol–water partition coefficient (Wildman–Crippen LogP) is 3.44. The van der Waals surface area contributed by atoms with Crippen molar-refractivity contribution in [3.63, 3.8) is 0 Å².